The quantitative estimate of drug-likeness (QED) is 0.375. The number of anilines is 4. The molecule has 0 unspecified atom stereocenters. The van der Waals surface area contributed by atoms with E-state index in [0.29, 0.717) is 55.0 Å². The van der Waals surface area contributed by atoms with Crippen molar-refractivity contribution in [2.24, 2.45) is 0 Å². The minimum atomic E-state index is -0.387. The molecule has 0 bridgehead atoms. The summed E-state index contributed by atoms with van der Waals surface area (Å²) >= 11 is 0. The van der Waals surface area contributed by atoms with Crippen molar-refractivity contribution in [1.82, 2.24) is 19.9 Å². The first-order chi connectivity index (χ1) is 20.5. The molecule has 0 saturated carbocycles. The second kappa shape index (κ2) is 15.6. The van der Waals surface area contributed by atoms with Gasteiger partial charge in [-0.15, -0.1) is 0 Å². The molecule has 12 heteroatoms. The minimum absolute atomic E-state index is 0.0350. The summed E-state index contributed by atoms with van der Waals surface area (Å²) in [4.78, 5) is 42.1. The number of carbonyl (C=O) groups excluding carboxylic acids is 2. The lowest BCUT2D eigenvalue weighted by atomic mass is 10.1. The highest BCUT2D eigenvalue weighted by Gasteiger charge is 2.19. The Kier molecular flexibility index (Phi) is 11.4. The number of benzene rings is 2. The number of amides is 3. The zero-order chi connectivity index (χ0) is 29.7. The van der Waals surface area contributed by atoms with Crippen molar-refractivity contribution in [3.05, 3.63) is 54.1 Å². The van der Waals surface area contributed by atoms with Gasteiger partial charge in [0.1, 0.15) is 0 Å². The monoisotopic (exact) mass is 576 g/mol. The van der Waals surface area contributed by atoms with Crippen molar-refractivity contribution < 1.29 is 19.1 Å². The number of ether oxygens (including phenoxy) is 2. The van der Waals surface area contributed by atoms with E-state index >= 15 is 0 Å². The van der Waals surface area contributed by atoms with Crippen molar-refractivity contribution in [1.29, 1.82) is 0 Å². The molecule has 2 aliphatic heterocycles. The molecule has 2 fully saturated rings. The Morgan fingerprint density at radius 1 is 0.833 bits per heavy atom. The summed E-state index contributed by atoms with van der Waals surface area (Å²) in [5.41, 5.74) is 8.51. The van der Waals surface area contributed by atoms with Gasteiger partial charge in [0, 0.05) is 61.9 Å². The van der Waals surface area contributed by atoms with Gasteiger partial charge in [-0.3, -0.25) is 4.79 Å². The van der Waals surface area contributed by atoms with Gasteiger partial charge < -0.3 is 35.6 Å². The number of piperidine rings is 1. The lowest BCUT2D eigenvalue weighted by Gasteiger charge is -2.26. The second-order valence-electron chi connectivity index (χ2n) is 9.78. The maximum Gasteiger partial charge on any atom is 0.323 e. The van der Waals surface area contributed by atoms with Crippen molar-refractivity contribution in [2.45, 2.75) is 33.1 Å². The first kappa shape index (κ1) is 30.7. The number of carbonyl (C=O) groups is 2. The van der Waals surface area contributed by atoms with Crippen LogP contribution in [0, 0.1) is 0 Å². The number of rotatable bonds is 7. The fraction of sp³-hybridized carbons (Fsp3) is 0.433. The molecule has 12 nitrogen and oxygen atoms in total. The van der Waals surface area contributed by atoms with E-state index in [1.54, 1.807) is 36.4 Å². The summed E-state index contributed by atoms with van der Waals surface area (Å²) in [6, 6.07) is 13.7. The van der Waals surface area contributed by atoms with Gasteiger partial charge in [0.15, 0.2) is 5.82 Å². The van der Waals surface area contributed by atoms with Gasteiger partial charge in [-0.25, -0.2) is 4.79 Å². The summed E-state index contributed by atoms with van der Waals surface area (Å²) in [5, 5.41) is 5.60. The summed E-state index contributed by atoms with van der Waals surface area (Å²) in [6.45, 7) is 9.89. The standard InChI is InChI=1S/C26H30N8O3.C4H10O/c27-24-30-22(31-25(32-24)34-14-16-37-17-15-34)18-4-8-20(9-5-18)28-26(36)29-21-10-6-19(7-11-21)23(35)33-12-2-1-3-13-33;1-3-5-4-2/h4-11H,1-3,12-17H2,(H2,28,29,36)(H2,27,30,31,32);3-4H2,1-2H3. The molecule has 5 rings (SSSR count). The number of nitrogens with two attached hydrogens (primary N) is 1. The van der Waals surface area contributed by atoms with Gasteiger partial charge in [0.2, 0.25) is 11.9 Å². The number of nitrogen functional groups attached to an aromatic ring is 1. The topological polar surface area (TPSA) is 148 Å². The molecular formula is C30H40N8O4. The largest absolute Gasteiger partial charge is 0.382 e. The van der Waals surface area contributed by atoms with Crippen LogP contribution in [0.4, 0.5) is 28.1 Å². The van der Waals surface area contributed by atoms with E-state index in [1.165, 1.54) is 6.42 Å². The molecule has 0 spiro atoms. The normalized spacial score (nSPS) is 14.9. The minimum Gasteiger partial charge on any atom is -0.382 e. The first-order valence-electron chi connectivity index (χ1n) is 14.5. The molecule has 3 aromatic rings. The average Bonchev–Trinajstić information content (AvgIpc) is 3.03. The Morgan fingerprint density at radius 2 is 1.43 bits per heavy atom. The predicted molar refractivity (Wildman–Crippen MR) is 164 cm³/mol. The Hall–Kier alpha value is -4.29. The molecule has 224 valence electrons. The first-order valence-corrected chi connectivity index (χ1v) is 14.5. The van der Waals surface area contributed by atoms with E-state index in [1.807, 2.05) is 35.8 Å². The highest BCUT2D eigenvalue weighted by atomic mass is 16.5. The van der Waals surface area contributed by atoms with Crippen molar-refractivity contribution in [3.8, 4) is 11.4 Å². The molecule has 0 atom stereocenters. The van der Waals surface area contributed by atoms with Gasteiger partial charge in [0.25, 0.3) is 5.91 Å². The summed E-state index contributed by atoms with van der Waals surface area (Å²) in [6.07, 6.45) is 3.27. The zero-order valence-corrected chi connectivity index (χ0v) is 24.3. The van der Waals surface area contributed by atoms with E-state index in [0.717, 1.165) is 44.7 Å². The van der Waals surface area contributed by atoms with Crippen molar-refractivity contribution in [2.75, 3.05) is 73.9 Å². The fourth-order valence-electron chi connectivity index (χ4n) is 4.59. The number of nitrogens with zero attached hydrogens (tertiary/aromatic N) is 5. The summed E-state index contributed by atoms with van der Waals surface area (Å²) in [7, 11) is 0. The molecule has 3 amide bonds. The fourth-order valence-corrected chi connectivity index (χ4v) is 4.59. The average molecular weight is 577 g/mol. The van der Waals surface area contributed by atoms with Gasteiger partial charge in [0.05, 0.1) is 13.2 Å². The molecule has 42 heavy (non-hydrogen) atoms. The van der Waals surface area contributed by atoms with Crippen LogP contribution in [-0.2, 0) is 9.47 Å². The maximum absolute atomic E-state index is 12.6. The number of aromatic nitrogens is 3. The van der Waals surface area contributed by atoms with Crippen LogP contribution in [0.5, 0.6) is 0 Å². The van der Waals surface area contributed by atoms with Crippen LogP contribution in [0.15, 0.2) is 48.5 Å². The van der Waals surface area contributed by atoms with Crippen LogP contribution in [-0.4, -0.2) is 84.4 Å². The predicted octanol–water partition coefficient (Wildman–Crippen LogP) is 4.27. The maximum atomic E-state index is 12.6. The number of urea groups is 1. The number of hydrogen-bond acceptors (Lipinski definition) is 9. The third-order valence-corrected chi connectivity index (χ3v) is 6.78. The van der Waals surface area contributed by atoms with Gasteiger partial charge in [-0.2, -0.15) is 15.0 Å². The molecule has 0 radical (unpaired) electrons. The molecule has 1 aromatic heterocycles. The third kappa shape index (κ3) is 8.85. The lowest BCUT2D eigenvalue weighted by Crippen LogP contribution is -2.37. The third-order valence-electron chi connectivity index (χ3n) is 6.78. The SMILES string of the molecule is CCOCC.Nc1nc(-c2ccc(NC(=O)Nc3ccc(C(=O)N4CCCCC4)cc3)cc2)nc(N2CCOCC2)n1. The summed E-state index contributed by atoms with van der Waals surface area (Å²) in [5.74, 6) is 1.17. The Balaban J connectivity index is 0.000000748. The molecular weight excluding hydrogens is 536 g/mol. The second-order valence-corrected chi connectivity index (χ2v) is 9.78. The number of morpholine rings is 1. The van der Waals surface area contributed by atoms with Crippen LogP contribution in [0.3, 0.4) is 0 Å². The number of nitrogens with one attached hydrogen (secondary N) is 2. The lowest BCUT2D eigenvalue weighted by molar-refractivity contribution is 0.0724. The van der Waals surface area contributed by atoms with Gasteiger partial charge in [-0.1, -0.05) is 0 Å². The van der Waals surface area contributed by atoms with E-state index < -0.39 is 0 Å². The van der Waals surface area contributed by atoms with Gasteiger partial charge in [-0.05, 0) is 81.6 Å². The summed E-state index contributed by atoms with van der Waals surface area (Å²) < 4.78 is 10.2. The Bertz CT molecular complexity index is 1290. The Morgan fingerprint density at radius 3 is 2.00 bits per heavy atom. The van der Waals surface area contributed by atoms with Gasteiger partial charge >= 0.3 is 6.03 Å². The van der Waals surface area contributed by atoms with Crippen LogP contribution >= 0.6 is 0 Å². The van der Waals surface area contributed by atoms with Crippen LogP contribution in [0.25, 0.3) is 11.4 Å². The molecule has 2 saturated heterocycles. The molecule has 2 aromatic carbocycles. The molecule has 0 aliphatic carbocycles. The molecule has 4 N–H and O–H groups in total. The molecule has 3 heterocycles. The zero-order valence-electron chi connectivity index (χ0n) is 24.3. The smallest absolute Gasteiger partial charge is 0.323 e. The molecule has 2 aliphatic rings. The Labute approximate surface area is 246 Å². The van der Waals surface area contributed by atoms with E-state index in [-0.39, 0.29) is 17.9 Å². The van der Waals surface area contributed by atoms with Crippen LogP contribution in [0.1, 0.15) is 43.5 Å². The van der Waals surface area contributed by atoms with E-state index in [4.69, 9.17) is 15.2 Å². The van der Waals surface area contributed by atoms with E-state index in [2.05, 4.69) is 25.6 Å². The highest BCUT2D eigenvalue weighted by molar-refractivity contribution is 6.00. The highest BCUT2D eigenvalue weighted by Crippen LogP contribution is 2.22. The van der Waals surface area contributed by atoms with Crippen molar-refractivity contribution in [3.63, 3.8) is 0 Å². The van der Waals surface area contributed by atoms with Crippen LogP contribution < -0.4 is 21.3 Å². The van der Waals surface area contributed by atoms with Crippen LogP contribution in [0.2, 0.25) is 0 Å². The van der Waals surface area contributed by atoms with E-state index in [9.17, 15) is 9.59 Å². The number of hydrogen-bond donors (Lipinski definition) is 3. The number of likely N-dealkylation sites (tertiary alicyclic amines) is 1. The van der Waals surface area contributed by atoms with Crippen molar-refractivity contribution >= 4 is 35.2 Å².